The number of benzene rings is 1. The lowest BCUT2D eigenvalue weighted by Gasteiger charge is -2.34. The Morgan fingerprint density at radius 3 is 2.70 bits per heavy atom. The van der Waals surface area contributed by atoms with Gasteiger partial charge < -0.3 is 24.7 Å². The first-order chi connectivity index (χ1) is 13.1. The summed E-state index contributed by atoms with van der Waals surface area (Å²) in [6.45, 7) is 2.33. The molecule has 1 aromatic heterocycles. The number of furan rings is 1. The van der Waals surface area contributed by atoms with Crippen molar-refractivity contribution in [2.45, 2.75) is 19.4 Å². The second-order valence-corrected chi connectivity index (χ2v) is 6.03. The molecule has 1 aliphatic rings. The number of amides is 3. The van der Waals surface area contributed by atoms with E-state index in [0.29, 0.717) is 18.0 Å². The molecule has 2 heterocycles. The Balaban J connectivity index is 1.71. The maximum absolute atomic E-state index is 12.7. The molecule has 27 heavy (non-hydrogen) atoms. The van der Waals surface area contributed by atoms with E-state index in [-0.39, 0.29) is 30.7 Å². The van der Waals surface area contributed by atoms with Gasteiger partial charge in [0.1, 0.15) is 5.75 Å². The van der Waals surface area contributed by atoms with Crippen LogP contribution in [-0.2, 0) is 9.59 Å². The summed E-state index contributed by atoms with van der Waals surface area (Å²) in [6.07, 6.45) is 1.38. The Morgan fingerprint density at radius 2 is 1.96 bits per heavy atom. The first-order valence-electron chi connectivity index (χ1n) is 8.75. The van der Waals surface area contributed by atoms with E-state index in [4.69, 9.17) is 9.15 Å². The number of ether oxygens (including phenoxy) is 1. The molecular formula is C19H21N3O5. The number of nitrogens with zero attached hydrogens (tertiary/aromatic N) is 1. The molecule has 2 N–H and O–H groups in total. The number of hydrogen-bond donors (Lipinski definition) is 2. The number of nitrogens with one attached hydrogen (secondary N) is 2. The lowest BCUT2D eigenvalue weighted by molar-refractivity contribution is -0.128. The predicted molar refractivity (Wildman–Crippen MR) is 97.6 cm³/mol. The van der Waals surface area contributed by atoms with Crippen molar-refractivity contribution in [3.63, 3.8) is 0 Å². The van der Waals surface area contributed by atoms with E-state index >= 15 is 0 Å². The van der Waals surface area contributed by atoms with Crippen LogP contribution >= 0.6 is 0 Å². The number of para-hydroxylation sites is 2. The Morgan fingerprint density at radius 1 is 1.15 bits per heavy atom. The van der Waals surface area contributed by atoms with Gasteiger partial charge >= 0.3 is 0 Å². The molecule has 8 heteroatoms. The zero-order valence-corrected chi connectivity index (χ0v) is 14.9. The summed E-state index contributed by atoms with van der Waals surface area (Å²) >= 11 is 0. The Bertz CT molecular complexity index is 819. The van der Waals surface area contributed by atoms with Crippen LogP contribution in [0.15, 0.2) is 47.1 Å². The number of fused-ring (bicyclic) bond motifs is 1. The number of rotatable bonds is 6. The summed E-state index contributed by atoms with van der Waals surface area (Å²) in [5.74, 6) is -0.525. The summed E-state index contributed by atoms with van der Waals surface area (Å²) in [5.41, 5.74) is 0.564. The van der Waals surface area contributed by atoms with Gasteiger partial charge in [-0.1, -0.05) is 19.1 Å². The van der Waals surface area contributed by atoms with Gasteiger partial charge in [0, 0.05) is 6.54 Å². The maximum atomic E-state index is 12.7. The van der Waals surface area contributed by atoms with Gasteiger partial charge in [0.25, 0.3) is 11.8 Å². The van der Waals surface area contributed by atoms with E-state index in [1.54, 1.807) is 30.3 Å². The van der Waals surface area contributed by atoms with Crippen molar-refractivity contribution >= 4 is 23.4 Å². The SMILES string of the molecule is CCCNC(=O)[C@@H]1CN(C(=O)CNC(=O)c2ccco2)c2ccccc2O1. The van der Waals surface area contributed by atoms with Crippen molar-refractivity contribution in [2.75, 3.05) is 24.5 Å². The zero-order valence-electron chi connectivity index (χ0n) is 14.9. The topological polar surface area (TPSA) is 101 Å². The molecule has 3 rings (SSSR count). The first kappa shape index (κ1) is 18.5. The molecule has 0 saturated heterocycles. The van der Waals surface area contributed by atoms with Gasteiger partial charge in [0.2, 0.25) is 5.91 Å². The van der Waals surface area contributed by atoms with Gasteiger partial charge in [-0.2, -0.15) is 0 Å². The van der Waals surface area contributed by atoms with Crippen LogP contribution in [0.4, 0.5) is 5.69 Å². The highest BCUT2D eigenvalue weighted by Gasteiger charge is 2.33. The molecule has 0 radical (unpaired) electrons. The molecule has 0 fully saturated rings. The normalized spacial score (nSPS) is 15.4. The fourth-order valence-corrected chi connectivity index (χ4v) is 2.72. The molecule has 0 aliphatic carbocycles. The van der Waals surface area contributed by atoms with Gasteiger partial charge in [-0.3, -0.25) is 14.4 Å². The van der Waals surface area contributed by atoms with Gasteiger partial charge in [0.15, 0.2) is 11.9 Å². The Labute approximate surface area is 156 Å². The highest BCUT2D eigenvalue weighted by Crippen LogP contribution is 2.33. The molecule has 1 atom stereocenters. The smallest absolute Gasteiger partial charge is 0.287 e. The predicted octanol–water partition coefficient (Wildman–Crippen LogP) is 1.33. The monoisotopic (exact) mass is 371 g/mol. The van der Waals surface area contributed by atoms with Crippen LogP contribution in [0.1, 0.15) is 23.9 Å². The van der Waals surface area contributed by atoms with Crippen LogP contribution < -0.4 is 20.3 Å². The van der Waals surface area contributed by atoms with Crippen molar-refractivity contribution in [3.05, 3.63) is 48.4 Å². The minimum absolute atomic E-state index is 0.0714. The second-order valence-electron chi connectivity index (χ2n) is 6.03. The maximum Gasteiger partial charge on any atom is 0.287 e. The second kappa shape index (κ2) is 8.39. The van der Waals surface area contributed by atoms with Crippen molar-refractivity contribution in [1.29, 1.82) is 0 Å². The molecule has 0 unspecified atom stereocenters. The molecule has 0 saturated carbocycles. The van der Waals surface area contributed by atoms with E-state index < -0.39 is 12.0 Å². The molecule has 3 amide bonds. The third kappa shape index (κ3) is 4.28. The van der Waals surface area contributed by atoms with Crippen LogP contribution in [0.5, 0.6) is 5.75 Å². The summed E-state index contributed by atoms with van der Waals surface area (Å²) in [7, 11) is 0. The van der Waals surface area contributed by atoms with Gasteiger partial charge in [-0.25, -0.2) is 0 Å². The third-order valence-corrected chi connectivity index (χ3v) is 4.06. The summed E-state index contributed by atoms with van der Waals surface area (Å²) in [5, 5.41) is 5.30. The molecular weight excluding hydrogens is 350 g/mol. The van der Waals surface area contributed by atoms with E-state index in [2.05, 4.69) is 10.6 Å². The summed E-state index contributed by atoms with van der Waals surface area (Å²) in [4.78, 5) is 38.4. The van der Waals surface area contributed by atoms with E-state index in [0.717, 1.165) is 6.42 Å². The summed E-state index contributed by atoms with van der Waals surface area (Å²) < 4.78 is 10.8. The van der Waals surface area contributed by atoms with Gasteiger partial charge in [-0.05, 0) is 30.7 Å². The molecule has 1 aliphatic heterocycles. The lowest BCUT2D eigenvalue weighted by atomic mass is 10.1. The average molecular weight is 371 g/mol. The minimum atomic E-state index is -0.809. The fraction of sp³-hybridized carbons (Fsp3) is 0.316. The van der Waals surface area contributed by atoms with Crippen molar-refractivity contribution < 1.29 is 23.5 Å². The van der Waals surface area contributed by atoms with Crippen LogP contribution in [0.2, 0.25) is 0 Å². The highest BCUT2D eigenvalue weighted by molar-refractivity contribution is 6.01. The Kier molecular flexibility index (Phi) is 5.75. The van der Waals surface area contributed by atoms with Crippen LogP contribution in [0, 0.1) is 0 Å². The zero-order chi connectivity index (χ0) is 19.2. The van der Waals surface area contributed by atoms with Crippen LogP contribution in [0.3, 0.4) is 0 Å². The molecule has 0 bridgehead atoms. The highest BCUT2D eigenvalue weighted by atomic mass is 16.5. The van der Waals surface area contributed by atoms with Crippen LogP contribution in [-0.4, -0.2) is 43.5 Å². The van der Waals surface area contributed by atoms with Crippen molar-refractivity contribution in [2.24, 2.45) is 0 Å². The van der Waals surface area contributed by atoms with Gasteiger partial charge in [-0.15, -0.1) is 0 Å². The largest absolute Gasteiger partial charge is 0.477 e. The van der Waals surface area contributed by atoms with E-state index in [1.165, 1.54) is 17.2 Å². The molecule has 0 spiro atoms. The van der Waals surface area contributed by atoms with Crippen LogP contribution in [0.25, 0.3) is 0 Å². The molecule has 1 aromatic carbocycles. The Hall–Kier alpha value is -3.29. The quantitative estimate of drug-likeness (QED) is 0.798. The molecule has 8 nitrogen and oxygen atoms in total. The average Bonchev–Trinajstić information content (AvgIpc) is 3.24. The number of carbonyl (C=O) groups excluding carboxylic acids is 3. The van der Waals surface area contributed by atoms with E-state index in [9.17, 15) is 14.4 Å². The van der Waals surface area contributed by atoms with Gasteiger partial charge in [0.05, 0.1) is 25.0 Å². The first-order valence-corrected chi connectivity index (χ1v) is 8.75. The van der Waals surface area contributed by atoms with Crippen molar-refractivity contribution in [1.82, 2.24) is 10.6 Å². The molecule has 2 aromatic rings. The standard InChI is InChI=1S/C19H21N3O5/c1-2-9-20-19(25)16-12-22(13-6-3-4-7-14(13)27-16)17(23)11-21-18(24)15-8-5-10-26-15/h3-8,10,16H,2,9,11-12H2,1H3,(H,20,25)(H,21,24)/t16-/m0/s1. The molecule has 142 valence electrons. The summed E-state index contributed by atoms with van der Waals surface area (Å²) in [6, 6.07) is 10.1. The lowest BCUT2D eigenvalue weighted by Crippen LogP contribution is -2.52. The third-order valence-electron chi connectivity index (χ3n) is 4.06. The number of carbonyl (C=O) groups is 3. The van der Waals surface area contributed by atoms with Crippen molar-refractivity contribution in [3.8, 4) is 5.75 Å². The number of anilines is 1. The number of hydrogen-bond acceptors (Lipinski definition) is 5. The fourth-order valence-electron chi connectivity index (χ4n) is 2.72. The minimum Gasteiger partial charge on any atom is -0.477 e. The van der Waals surface area contributed by atoms with E-state index in [1.807, 2.05) is 6.92 Å².